The maximum Gasteiger partial charge on any atom is 0.348 e. The topological polar surface area (TPSA) is 87.7 Å². The number of carbonyl (C=O) groups is 3. The van der Waals surface area contributed by atoms with Crippen molar-refractivity contribution in [3.63, 3.8) is 0 Å². The number of amides is 2. The molecule has 0 aliphatic carbocycles. The summed E-state index contributed by atoms with van der Waals surface area (Å²) < 4.78 is 4.67. The van der Waals surface area contributed by atoms with Gasteiger partial charge in [0.05, 0.1) is 12.0 Å². The molecule has 1 aromatic carbocycles. The SMILES string of the molecule is CCCC(NC(=O)c1ccc(C(=O)OC)s1)C(=O)Nc1cccc(N2CCCC2)c1. The third-order valence-electron chi connectivity index (χ3n) is 5.00. The van der Waals surface area contributed by atoms with Crippen molar-refractivity contribution in [2.24, 2.45) is 0 Å². The van der Waals surface area contributed by atoms with Crippen molar-refractivity contribution in [3.05, 3.63) is 46.2 Å². The average Bonchev–Trinajstić information content (AvgIpc) is 3.45. The third-order valence-corrected chi connectivity index (χ3v) is 6.06. The fourth-order valence-corrected chi connectivity index (χ4v) is 4.27. The number of methoxy groups -OCH3 is 1. The minimum Gasteiger partial charge on any atom is -0.465 e. The lowest BCUT2D eigenvalue weighted by Gasteiger charge is -2.20. The number of ether oxygens (including phenoxy) is 1. The number of rotatable bonds is 8. The van der Waals surface area contributed by atoms with Crippen molar-refractivity contribution in [2.75, 3.05) is 30.4 Å². The summed E-state index contributed by atoms with van der Waals surface area (Å²) in [5.41, 5.74) is 1.80. The number of hydrogen-bond donors (Lipinski definition) is 2. The molecule has 8 heteroatoms. The number of nitrogens with one attached hydrogen (secondary N) is 2. The van der Waals surface area contributed by atoms with Crippen LogP contribution in [0, 0.1) is 0 Å². The summed E-state index contributed by atoms with van der Waals surface area (Å²) >= 11 is 1.04. The second kappa shape index (κ2) is 10.2. The third kappa shape index (κ3) is 5.38. The zero-order chi connectivity index (χ0) is 21.5. The lowest BCUT2D eigenvalue weighted by molar-refractivity contribution is -0.118. The van der Waals surface area contributed by atoms with Crippen LogP contribution < -0.4 is 15.5 Å². The Labute approximate surface area is 180 Å². The first-order chi connectivity index (χ1) is 14.5. The molecule has 7 nitrogen and oxygen atoms in total. The van der Waals surface area contributed by atoms with Crippen molar-refractivity contribution in [2.45, 2.75) is 38.6 Å². The van der Waals surface area contributed by atoms with Crippen LogP contribution in [0.3, 0.4) is 0 Å². The molecule has 2 N–H and O–H groups in total. The average molecular weight is 430 g/mol. The van der Waals surface area contributed by atoms with E-state index in [1.807, 2.05) is 31.2 Å². The minimum absolute atomic E-state index is 0.256. The van der Waals surface area contributed by atoms with Crippen molar-refractivity contribution >= 4 is 40.5 Å². The number of nitrogens with zero attached hydrogens (tertiary/aromatic N) is 1. The molecule has 2 aromatic rings. The summed E-state index contributed by atoms with van der Waals surface area (Å²) in [5, 5.41) is 5.72. The highest BCUT2D eigenvalue weighted by Gasteiger charge is 2.23. The monoisotopic (exact) mass is 429 g/mol. The number of thiophene rings is 1. The largest absolute Gasteiger partial charge is 0.465 e. The smallest absolute Gasteiger partial charge is 0.348 e. The molecule has 0 radical (unpaired) electrons. The molecule has 3 rings (SSSR count). The predicted molar refractivity (Wildman–Crippen MR) is 118 cm³/mol. The Morgan fingerprint density at radius 2 is 1.87 bits per heavy atom. The van der Waals surface area contributed by atoms with Crippen LogP contribution in [0.25, 0.3) is 0 Å². The van der Waals surface area contributed by atoms with Gasteiger partial charge in [0.15, 0.2) is 0 Å². The summed E-state index contributed by atoms with van der Waals surface area (Å²) in [6.45, 7) is 4.02. The van der Waals surface area contributed by atoms with Gasteiger partial charge in [-0.15, -0.1) is 11.3 Å². The van der Waals surface area contributed by atoms with Gasteiger partial charge in [-0.05, 0) is 49.6 Å². The second-order valence-corrected chi connectivity index (χ2v) is 8.29. The van der Waals surface area contributed by atoms with Gasteiger partial charge in [0.2, 0.25) is 5.91 Å². The molecule has 2 amide bonds. The molecule has 0 saturated carbocycles. The highest BCUT2D eigenvalue weighted by Crippen LogP contribution is 2.23. The van der Waals surface area contributed by atoms with Crippen molar-refractivity contribution in [1.29, 1.82) is 0 Å². The van der Waals surface area contributed by atoms with Gasteiger partial charge >= 0.3 is 5.97 Å². The molecule has 1 aliphatic heterocycles. The Balaban J connectivity index is 1.66. The molecule has 0 bridgehead atoms. The predicted octanol–water partition coefficient (Wildman–Crippen LogP) is 3.67. The molecule has 1 unspecified atom stereocenters. The lowest BCUT2D eigenvalue weighted by atomic mass is 10.1. The molecule has 1 saturated heterocycles. The standard InChI is InChI=1S/C22H27N3O4S/c1-3-7-17(24-21(27)18-10-11-19(30-18)22(28)29-2)20(26)23-15-8-6-9-16(14-15)25-12-4-5-13-25/h6,8-11,14,17H,3-5,7,12-13H2,1-2H3,(H,23,26)(H,24,27). The Morgan fingerprint density at radius 3 is 2.57 bits per heavy atom. The fourth-order valence-electron chi connectivity index (χ4n) is 3.44. The first kappa shape index (κ1) is 21.8. The number of hydrogen-bond acceptors (Lipinski definition) is 6. The molecular weight excluding hydrogens is 402 g/mol. The van der Waals surface area contributed by atoms with Gasteiger partial charge in [0.1, 0.15) is 10.9 Å². The summed E-state index contributed by atoms with van der Waals surface area (Å²) in [6.07, 6.45) is 3.62. The quantitative estimate of drug-likeness (QED) is 0.625. The summed E-state index contributed by atoms with van der Waals surface area (Å²) in [4.78, 5) is 40.1. The van der Waals surface area contributed by atoms with Crippen molar-refractivity contribution in [1.82, 2.24) is 5.32 Å². The molecule has 1 atom stereocenters. The van der Waals surface area contributed by atoms with Gasteiger partial charge in [-0.3, -0.25) is 9.59 Å². The molecule has 30 heavy (non-hydrogen) atoms. The highest BCUT2D eigenvalue weighted by atomic mass is 32.1. The summed E-state index contributed by atoms with van der Waals surface area (Å²) in [5.74, 6) is -1.12. The van der Waals surface area contributed by atoms with Gasteiger partial charge in [-0.2, -0.15) is 0 Å². The van der Waals surface area contributed by atoms with Gasteiger partial charge < -0.3 is 20.3 Å². The van der Waals surface area contributed by atoms with E-state index >= 15 is 0 Å². The van der Waals surface area contributed by atoms with E-state index in [-0.39, 0.29) is 11.8 Å². The van der Waals surface area contributed by atoms with E-state index in [1.54, 1.807) is 12.1 Å². The van der Waals surface area contributed by atoms with E-state index in [0.29, 0.717) is 21.9 Å². The molecular formula is C22H27N3O4S. The number of benzene rings is 1. The van der Waals surface area contributed by atoms with E-state index in [1.165, 1.54) is 20.0 Å². The second-order valence-electron chi connectivity index (χ2n) is 7.20. The van der Waals surface area contributed by atoms with E-state index in [9.17, 15) is 14.4 Å². The normalized spacial score (nSPS) is 14.3. The van der Waals surface area contributed by atoms with Crippen molar-refractivity contribution < 1.29 is 19.1 Å². The van der Waals surface area contributed by atoms with Crippen LogP contribution >= 0.6 is 11.3 Å². The van der Waals surface area contributed by atoms with Crippen LogP contribution in [0.5, 0.6) is 0 Å². The van der Waals surface area contributed by atoms with Crippen LogP contribution in [-0.2, 0) is 9.53 Å². The van der Waals surface area contributed by atoms with E-state index in [2.05, 4.69) is 20.3 Å². The summed E-state index contributed by atoms with van der Waals surface area (Å²) in [6, 6.07) is 10.2. The Hall–Kier alpha value is -2.87. The van der Waals surface area contributed by atoms with Gasteiger partial charge in [0.25, 0.3) is 5.91 Å². The fraction of sp³-hybridized carbons (Fsp3) is 0.409. The number of anilines is 2. The Bertz CT molecular complexity index is 905. The molecule has 1 aliphatic rings. The molecule has 1 aromatic heterocycles. The van der Waals surface area contributed by atoms with Crippen LogP contribution in [0.2, 0.25) is 0 Å². The molecule has 0 spiro atoms. The molecule has 2 heterocycles. The van der Waals surface area contributed by atoms with E-state index < -0.39 is 12.0 Å². The first-order valence-corrected chi connectivity index (χ1v) is 11.0. The number of carbonyl (C=O) groups excluding carboxylic acids is 3. The maximum absolute atomic E-state index is 12.9. The Morgan fingerprint density at radius 1 is 1.13 bits per heavy atom. The van der Waals surface area contributed by atoms with Crippen LogP contribution in [0.15, 0.2) is 36.4 Å². The highest BCUT2D eigenvalue weighted by molar-refractivity contribution is 7.15. The first-order valence-electron chi connectivity index (χ1n) is 10.2. The van der Waals surface area contributed by atoms with Gasteiger partial charge in [-0.1, -0.05) is 19.4 Å². The zero-order valence-corrected chi connectivity index (χ0v) is 18.1. The maximum atomic E-state index is 12.9. The molecule has 160 valence electrons. The van der Waals surface area contributed by atoms with Crippen LogP contribution in [-0.4, -0.2) is 44.0 Å². The molecule has 1 fully saturated rings. The van der Waals surface area contributed by atoms with E-state index in [4.69, 9.17) is 0 Å². The Kier molecular flexibility index (Phi) is 7.46. The lowest BCUT2D eigenvalue weighted by Crippen LogP contribution is -2.43. The van der Waals surface area contributed by atoms with Crippen molar-refractivity contribution in [3.8, 4) is 0 Å². The van der Waals surface area contributed by atoms with Crippen LogP contribution in [0.1, 0.15) is 52.0 Å². The van der Waals surface area contributed by atoms with E-state index in [0.717, 1.165) is 36.5 Å². The van der Waals surface area contributed by atoms with Crippen LogP contribution in [0.4, 0.5) is 11.4 Å². The zero-order valence-electron chi connectivity index (χ0n) is 17.3. The van der Waals surface area contributed by atoms with Gasteiger partial charge in [0, 0.05) is 24.5 Å². The van der Waals surface area contributed by atoms with Gasteiger partial charge in [-0.25, -0.2) is 4.79 Å². The minimum atomic E-state index is -0.665. The summed E-state index contributed by atoms with van der Waals surface area (Å²) in [7, 11) is 1.29. The number of esters is 1.